The van der Waals surface area contributed by atoms with Crippen molar-refractivity contribution in [3.05, 3.63) is 12.2 Å². The zero-order valence-corrected chi connectivity index (χ0v) is 11.5. The predicted octanol–water partition coefficient (Wildman–Crippen LogP) is 0.441. The molecule has 2 saturated carbocycles. The predicted molar refractivity (Wildman–Crippen MR) is 69.5 cm³/mol. The summed E-state index contributed by atoms with van der Waals surface area (Å²) < 4.78 is 5.39. The number of carbonyl (C=O) groups excluding carboxylic acids is 2. The van der Waals surface area contributed by atoms with Crippen LogP contribution in [0, 0.1) is 23.2 Å². The molecule has 0 aromatic rings. The molecule has 3 aliphatic rings. The molecule has 7 atom stereocenters. The van der Waals surface area contributed by atoms with Gasteiger partial charge >= 0.3 is 5.97 Å². The van der Waals surface area contributed by atoms with E-state index in [0.717, 1.165) is 6.29 Å². The second-order valence-electron chi connectivity index (χ2n) is 6.62. The van der Waals surface area contributed by atoms with Gasteiger partial charge in [-0.2, -0.15) is 0 Å². The third kappa shape index (κ3) is 1.63. The number of hydrogen-bond acceptors (Lipinski definition) is 5. The van der Waals surface area contributed by atoms with Gasteiger partial charge in [0.2, 0.25) is 0 Å². The first-order valence-corrected chi connectivity index (χ1v) is 7.11. The van der Waals surface area contributed by atoms with E-state index in [-0.39, 0.29) is 17.4 Å². The van der Waals surface area contributed by atoms with Crippen LogP contribution in [0.4, 0.5) is 0 Å². The van der Waals surface area contributed by atoms with Crippen LogP contribution < -0.4 is 0 Å². The molecule has 0 radical (unpaired) electrons. The summed E-state index contributed by atoms with van der Waals surface area (Å²) in [6.07, 6.45) is 0.489. The van der Waals surface area contributed by atoms with Gasteiger partial charge in [0, 0.05) is 22.8 Å². The molecule has 2 aliphatic carbocycles. The monoisotopic (exact) mass is 280 g/mol. The van der Waals surface area contributed by atoms with Crippen molar-refractivity contribution >= 4 is 12.3 Å². The molecular formula is C15H20O5. The van der Waals surface area contributed by atoms with Gasteiger partial charge in [0.05, 0.1) is 18.1 Å². The Kier molecular flexibility index (Phi) is 3.03. The standard InChI is InChI=1S/C15H20O5/c1-7-11-9(17)5-15(2)10(18)4-3-8(6-16)12(15)13(11)20-14(7)19/h6,8-13,17-18H,1,3-5H2,2H3/t8-,9+,10-,11+,12-,13-,15-/m0/s1. The molecule has 1 aliphatic heterocycles. The van der Waals surface area contributed by atoms with E-state index in [1.165, 1.54) is 0 Å². The van der Waals surface area contributed by atoms with Crippen LogP contribution in [0.1, 0.15) is 26.2 Å². The van der Waals surface area contributed by atoms with Crippen LogP contribution in [0.3, 0.4) is 0 Å². The normalized spacial score (nSPS) is 51.1. The maximum absolute atomic E-state index is 11.8. The topological polar surface area (TPSA) is 83.8 Å². The van der Waals surface area contributed by atoms with Crippen LogP contribution >= 0.6 is 0 Å². The third-order valence-corrected chi connectivity index (χ3v) is 5.61. The fourth-order valence-electron chi connectivity index (χ4n) is 4.55. The van der Waals surface area contributed by atoms with E-state index < -0.39 is 35.6 Å². The zero-order valence-electron chi connectivity index (χ0n) is 11.5. The molecule has 110 valence electrons. The van der Waals surface area contributed by atoms with Crippen LogP contribution in [0.5, 0.6) is 0 Å². The maximum atomic E-state index is 11.8. The molecule has 0 aromatic heterocycles. The first-order valence-electron chi connectivity index (χ1n) is 7.11. The number of rotatable bonds is 1. The van der Waals surface area contributed by atoms with Gasteiger partial charge in [0.1, 0.15) is 12.4 Å². The Balaban J connectivity index is 2.05. The lowest BCUT2D eigenvalue weighted by atomic mass is 9.52. The molecule has 0 aromatic carbocycles. The maximum Gasteiger partial charge on any atom is 0.334 e. The summed E-state index contributed by atoms with van der Waals surface area (Å²) in [5, 5.41) is 20.7. The summed E-state index contributed by atoms with van der Waals surface area (Å²) in [5.41, 5.74) is -0.316. The van der Waals surface area contributed by atoms with E-state index >= 15 is 0 Å². The molecule has 0 spiro atoms. The second kappa shape index (κ2) is 4.40. The van der Waals surface area contributed by atoms with Crippen LogP contribution in [0.15, 0.2) is 12.2 Å². The molecule has 1 heterocycles. The van der Waals surface area contributed by atoms with Gasteiger partial charge in [-0.15, -0.1) is 0 Å². The summed E-state index contributed by atoms with van der Waals surface area (Å²) in [6, 6.07) is 0. The summed E-state index contributed by atoms with van der Waals surface area (Å²) in [7, 11) is 0. The van der Waals surface area contributed by atoms with Crippen molar-refractivity contribution in [3.63, 3.8) is 0 Å². The van der Waals surface area contributed by atoms with Crippen LogP contribution in [0.25, 0.3) is 0 Å². The average Bonchev–Trinajstić information content (AvgIpc) is 2.68. The number of esters is 1. The van der Waals surface area contributed by atoms with E-state index in [1.807, 2.05) is 6.92 Å². The molecule has 20 heavy (non-hydrogen) atoms. The highest BCUT2D eigenvalue weighted by molar-refractivity contribution is 5.91. The van der Waals surface area contributed by atoms with Crippen LogP contribution in [-0.2, 0) is 14.3 Å². The lowest BCUT2D eigenvalue weighted by Crippen LogP contribution is -2.59. The Morgan fingerprint density at radius 3 is 2.75 bits per heavy atom. The number of fused-ring (bicyclic) bond motifs is 3. The minimum Gasteiger partial charge on any atom is -0.458 e. The van der Waals surface area contributed by atoms with Crippen molar-refractivity contribution in [2.45, 2.75) is 44.5 Å². The number of ether oxygens (including phenoxy) is 1. The van der Waals surface area contributed by atoms with Crippen molar-refractivity contribution in [1.82, 2.24) is 0 Å². The van der Waals surface area contributed by atoms with Crippen LogP contribution in [-0.4, -0.2) is 40.8 Å². The Labute approximate surface area is 117 Å². The lowest BCUT2D eigenvalue weighted by molar-refractivity contribution is -0.185. The van der Waals surface area contributed by atoms with Gasteiger partial charge in [-0.3, -0.25) is 0 Å². The number of aliphatic hydroxyl groups excluding tert-OH is 2. The highest BCUT2D eigenvalue weighted by Crippen LogP contribution is 2.57. The fraction of sp³-hybridized carbons (Fsp3) is 0.733. The van der Waals surface area contributed by atoms with Crippen molar-refractivity contribution in [3.8, 4) is 0 Å². The molecule has 5 heteroatoms. The minimum atomic E-state index is -0.764. The van der Waals surface area contributed by atoms with Gasteiger partial charge in [0.15, 0.2) is 0 Å². The summed E-state index contributed by atoms with van der Waals surface area (Å²) in [6.45, 7) is 5.60. The van der Waals surface area contributed by atoms with Gasteiger partial charge in [0.25, 0.3) is 0 Å². The smallest absolute Gasteiger partial charge is 0.334 e. The van der Waals surface area contributed by atoms with Gasteiger partial charge in [-0.05, 0) is 19.3 Å². The number of hydrogen-bond donors (Lipinski definition) is 2. The summed E-state index contributed by atoms with van der Waals surface area (Å²) in [4.78, 5) is 23.1. The molecular weight excluding hydrogens is 260 g/mol. The van der Waals surface area contributed by atoms with Gasteiger partial charge < -0.3 is 19.7 Å². The molecule has 0 bridgehead atoms. The SMILES string of the molecule is C=C1C(=O)O[C@H]2[C@H]1[C@H](O)C[C@]1(C)[C@H]2[C@H](C=O)CC[C@@H]1O. The third-order valence-electron chi connectivity index (χ3n) is 5.61. The number of carbonyl (C=O) groups is 2. The number of aldehydes is 1. The molecule has 2 N–H and O–H groups in total. The first kappa shape index (κ1) is 13.8. The van der Waals surface area contributed by atoms with Crippen molar-refractivity contribution in [1.29, 1.82) is 0 Å². The largest absolute Gasteiger partial charge is 0.458 e. The van der Waals surface area contributed by atoms with E-state index in [2.05, 4.69) is 6.58 Å². The molecule has 5 nitrogen and oxygen atoms in total. The van der Waals surface area contributed by atoms with Crippen LogP contribution in [0.2, 0.25) is 0 Å². The summed E-state index contributed by atoms with van der Waals surface area (Å²) >= 11 is 0. The minimum absolute atomic E-state index is 0.248. The Hall–Kier alpha value is -1.20. The zero-order chi connectivity index (χ0) is 14.7. The average molecular weight is 280 g/mol. The van der Waals surface area contributed by atoms with E-state index in [4.69, 9.17) is 4.74 Å². The van der Waals surface area contributed by atoms with E-state index in [0.29, 0.717) is 19.3 Å². The lowest BCUT2D eigenvalue weighted by Gasteiger charge is -2.55. The quantitative estimate of drug-likeness (QED) is 0.414. The highest BCUT2D eigenvalue weighted by atomic mass is 16.6. The van der Waals surface area contributed by atoms with Crippen molar-refractivity contribution < 1.29 is 24.5 Å². The molecule has 1 saturated heterocycles. The second-order valence-corrected chi connectivity index (χ2v) is 6.62. The molecule has 0 amide bonds. The van der Waals surface area contributed by atoms with Crippen molar-refractivity contribution in [2.75, 3.05) is 0 Å². The molecule has 3 rings (SSSR count). The first-order chi connectivity index (χ1) is 9.40. The Bertz CT molecular complexity index is 473. The highest BCUT2D eigenvalue weighted by Gasteiger charge is 2.62. The van der Waals surface area contributed by atoms with Gasteiger partial charge in [-0.25, -0.2) is 4.79 Å². The van der Waals surface area contributed by atoms with Crippen molar-refractivity contribution in [2.24, 2.45) is 23.2 Å². The van der Waals surface area contributed by atoms with E-state index in [1.54, 1.807) is 0 Å². The molecule has 0 unspecified atom stereocenters. The Morgan fingerprint density at radius 2 is 2.10 bits per heavy atom. The fourth-order valence-corrected chi connectivity index (χ4v) is 4.55. The Morgan fingerprint density at radius 1 is 1.40 bits per heavy atom. The van der Waals surface area contributed by atoms with Gasteiger partial charge in [-0.1, -0.05) is 13.5 Å². The van der Waals surface area contributed by atoms with E-state index in [9.17, 15) is 19.8 Å². The summed E-state index contributed by atoms with van der Waals surface area (Å²) in [5.74, 6) is -1.44. The molecule has 3 fully saturated rings. The number of aliphatic hydroxyl groups is 2.